The molecule has 0 bridgehead atoms. The molecule has 1 aliphatic rings. The van der Waals surface area contributed by atoms with Gasteiger partial charge in [-0.05, 0) is 32.9 Å². The lowest BCUT2D eigenvalue weighted by molar-refractivity contribution is 0.292. The number of nitrogens with one attached hydrogen (secondary N) is 1. The number of aromatic nitrogens is 3. The molecule has 2 heterocycles. The van der Waals surface area contributed by atoms with Crippen molar-refractivity contribution in [3.8, 4) is 6.01 Å². The van der Waals surface area contributed by atoms with Gasteiger partial charge in [0, 0.05) is 12.6 Å². The Balaban J connectivity index is 1.93. The van der Waals surface area contributed by atoms with E-state index in [0.29, 0.717) is 18.6 Å². The van der Waals surface area contributed by atoms with Crippen molar-refractivity contribution in [1.29, 1.82) is 0 Å². The van der Waals surface area contributed by atoms with E-state index < -0.39 is 0 Å². The normalized spacial score (nSPS) is 19.6. The van der Waals surface area contributed by atoms with Gasteiger partial charge >= 0.3 is 6.01 Å². The van der Waals surface area contributed by atoms with Crippen molar-refractivity contribution >= 4 is 11.9 Å². The first-order chi connectivity index (χ1) is 9.19. The van der Waals surface area contributed by atoms with Crippen molar-refractivity contribution in [2.24, 2.45) is 0 Å². The van der Waals surface area contributed by atoms with Crippen LogP contribution >= 0.6 is 0 Å². The molecule has 1 aromatic heterocycles. The van der Waals surface area contributed by atoms with Crippen molar-refractivity contribution in [1.82, 2.24) is 19.9 Å². The van der Waals surface area contributed by atoms with Crippen LogP contribution < -0.4 is 15.8 Å². The Morgan fingerprint density at radius 1 is 1.42 bits per heavy atom. The van der Waals surface area contributed by atoms with E-state index in [0.717, 1.165) is 19.5 Å². The van der Waals surface area contributed by atoms with E-state index in [2.05, 4.69) is 32.2 Å². The first-order valence-electron chi connectivity index (χ1n) is 6.77. The number of likely N-dealkylation sites (N-methyl/N-ethyl adjacent to an activating group) is 1. The second-order valence-electron chi connectivity index (χ2n) is 4.81. The van der Waals surface area contributed by atoms with Gasteiger partial charge in [0.2, 0.25) is 11.9 Å². The Kier molecular flexibility index (Phi) is 4.73. The van der Waals surface area contributed by atoms with Crippen LogP contribution in [0.25, 0.3) is 0 Å². The van der Waals surface area contributed by atoms with E-state index in [1.807, 2.05) is 6.92 Å². The number of hydrogen-bond acceptors (Lipinski definition) is 7. The topological polar surface area (TPSA) is 89.2 Å². The van der Waals surface area contributed by atoms with E-state index >= 15 is 0 Å². The highest BCUT2D eigenvalue weighted by molar-refractivity contribution is 5.32. The summed E-state index contributed by atoms with van der Waals surface area (Å²) in [6.07, 6.45) is 3.34. The molecule has 0 amide bonds. The van der Waals surface area contributed by atoms with Gasteiger partial charge in [0.1, 0.15) is 0 Å². The fourth-order valence-electron chi connectivity index (χ4n) is 2.16. The molecule has 7 nitrogen and oxygen atoms in total. The SMILES string of the molecule is CCCOc1nc(N)nc(NCC2CCCN2C)n1. The minimum absolute atomic E-state index is 0.184. The van der Waals surface area contributed by atoms with Gasteiger partial charge < -0.3 is 20.7 Å². The lowest BCUT2D eigenvalue weighted by Crippen LogP contribution is -2.32. The molecule has 1 fully saturated rings. The number of ether oxygens (including phenoxy) is 1. The van der Waals surface area contributed by atoms with Gasteiger partial charge in [-0.15, -0.1) is 0 Å². The molecular formula is C12H22N6O. The predicted octanol–water partition coefficient (Wildman–Crippen LogP) is 0.749. The third-order valence-electron chi connectivity index (χ3n) is 3.23. The van der Waals surface area contributed by atoms with Crippen molar-refractivity contribution in [3.63, 3.8) is 0 Å². The van der Waals surface area contributed by atoms with Crippen LogP contribution in [0.4, 0.5) is 11.9 Å². The fraction of sp³-hybridized carbons (Fsp3) is 0.750. The Morgan fingerprint density at radius 3 is 2.95 bits per heavy atom. The zero-order valence-electron chi connectivity index (χ0n) is 11.6. The summed E-state index contributed by atoms with van der Waals surface area (Å²) < 4.78 is 5.38. The van der Waals surface area contributed by atoms with Gasteiger partial charge in [-0.25, -0.2) is 0 Å². The van der Waals surface area contributed by atoms with Crippen LogP contribution in [0.2, 0.25) is 0 Å². The van der Waals surface area contributed by atoms with E-state index in [4.69, 9.17) is 10.5 Å². The Morgan fingerprint density at radius 2 is 2.26 bits per heavy atom. The van der Waals surface area contributed by atoms with E-state index in [1.165, 1.54) is 12.8 Å². The molecule has 0 aliphatic carbocycles. The average Bonchev–Trinajstić information content (AvgIpc) is 2.79. The maximum atomic E-state index is 5.65. The van der Waals surface area contributed by atoms with Crippen molar-refractivity contribution < 1.29 is 4.74 Å². The molecule has 2 rings (SSSR count). The number of nitrogen functional groups attached to an aromatic ring is 1. The molecular weight excluding hydrogens is 244 g/mol. The number of hydrogen-bond donors (Lipinski definition) is 2. The van der Waals surface area contributed by atoms with Crippen LogP contribution in [0.5, 0.6) is 6.01 Å². The molecule has 1 aromatic rings. The summed E-state index contributed by atoms with van der Waals surface area (Å²) in [6.45, 7) is 4.57. The lowest BCUT2D eigenvalue weighted by Gasteiger charge is -2.19. The van der Waals surface area contributed by atoms with E-state index in [-0.39, 0.29) is 12.0 Å². The summed E-state index contributed by atoms with van der Waals surface area (Å²) in [6, 6.07) is 0.814. The van der Waals surface area contributed by atoms with Crippen molar-refractivity contribution in [2.75, 3.05) is 37.8 Å². The number of nitrogens with two attached hydrogens (primary N) is 1. The van der Waals surface area contributed by atoms with Gasteiger partial charge in [-0.1, -0.05) is 6.92 Å². The highest BCUT2D eigenvalue weighted by Gasteiger charge is 2.20. The smallest absolute Gasteiger partial charge is 0.323 e. The minimum atomic E-state index is 0.184. The highest BCUT2D eigenvalue weighted by Crippen LogP contribution is 2.15. The number of likely N-dealkylation sites (tertiary alicyclic amines) is 1. The Labute approximate surface area is 113 Å². The summed E-state index contributed by atoms with van der Waals surface area (Å²) in [7, 11) is 2.14. The first-order valence-corrected chi connectivity index (χ1v) is 6.77. The number of rotatable bonds is 6. The Hall–Kier alpha value is -1.63. The molecule has 0 spiro atoms. The Bertz CT molecular complexity index is 413. The lowest BCUT2D eigenvalue weighted by atomic mass is 10.2. The van der Waals surface area contributed by atoms with Gasteiger partial charge in [0.25, 0.3) is 0 Å². The van der Waals surface area contributed by atoms with Gasteiger partial charge in [0.15, 0.2) is 0 Å². The second-order valence-corrected chi connectivity index (χ2v) is 4.81. The summed E-state index contributed by atoms with van der Waals surface area (Å²) in [5, 5.41) is 3.21. The summed E-state index contributed by atoms with van der Waals surface area (Å²) in [5.74, 6) is 0.669. The maximum absolute atomic E-state index is 5.65. The minimum Gasteiger partial charge on any atom is -0.463 e. The molecule has 3 N–H and O–H groups in total. The predicted molar refractivity (Wildman–Crippen MR) is 74.2 cm³/mol. The summed E-state index contributed by atoms with van der Waals surface area (Å²) in [4.78, 5) is 14.6. The highest BCUT2D eigenvalue weighted by atomic mass is 16.5. The molecule has 19 heavy (non-hydrogen) atoms. The van der Waals surface area contributed by atoms with Crippen LogP contribution in [-0.2, 0) is 0 Å². The summed E-state index contributed by atoms with van der Waals surface area (Å²) >= 11 is 0. The molecule has 0 radical (unpaired) electrons. The zero-order valence-corrected chi connectivity index (χ0v) is 11.6. The monoisotopic (exact) mass is 266 g/mol. The maximum Gasteiger partial charge on any atom is 0.323 e. The standard InChI is InChI=1S/C12H22N6O/c1-3-7-19-12-16-10(13)15-11(17-12)14-8-9-5-4-6-18(9)2/h9H,3-8H2,1-2H3,(H3,13,14,15,16,17). The zero-order chi connectivity index (χ0) is 13.7. The number of nitrogens with zero attached hydrogens (tertiary/aromatic N) is 4. The largest absolute Gasteiger partial charge is 0.463 e. The van der Waals surface area contributed by atoms with Crippen molar-refractivity contribution in [2.45, 2.75) is 32.2 Å². The average molecular weight is 266 g/mol. The third kappa shape index (κ3) is 3.92. The van der Waals surface area contributed by atoms with Crippen LogP contribution in [0, 0.1) is 0 Å². The molecule has 0 aromatic carbocycles. The van der Waals surface area contributed by atoms with Crippen LogP contribution in [-0.4, -0.2) is 52.6 Å². The van der Waals surface area contributed by atoms with Crippen molar-refractivity contribution in [3.05, 3.63) is 0 Å². The van der Waals surface area contributed by atoms with Crippen LogP contribution in [0.3, 0.4) is 0 Å². The first kappa shape index (κ1) is 13.8. The molecule has 1 saturated heterocycles. The van der Waals surface area contributed by atoms with E-state index in [9.17, 15) is 0 Å². The molecule has 106 valence electrons. The van der Waals surface area contributed by atoms with Crippen LogP contribution in [0.15, 0.2) is 0 Å². The molecule has 1 atom stereocenters. The summed E-state index contributed by atoms with van der Waals surface area (Å²) in [5.41, 5.74) is 5.65. The van der Waals surface area contributed by atoms with Gasteiger partial charge in [0.05, 0.1) is 6.61 Å². The number of anilines is 2. The molecule has 0 saturated carbocycles. The molecule has 1 aliphatic heterocycles. The molecule has 1 unspecified atom stereocenters. The second kappa shape index (κ2) is 6.51. The quantitative estimate of drug-likeness (QED) is 0.785. The van der Waals surface area contributed by atoms with Gasteiger partial charge in [-0.3, -0.25) is 0 Å². The third-order valence-corrected chi connectivity index (χ3v) is 3.23. The van der Waals surface area contributed by atoms with E-state index in [1.54, 1.807) is 0 Å². The van der Waals surface area contributed by atoms with Crippen LogP contribution in [0.1, 0.15) is 26.2 Å². The van der Waals surface area contributed by atoms with Gasteiger partial charge in [-0.2, -0.15) is 15.0 Å². The molecule has 7 heteroatoms. The fourth-order valence-corrected chi connectivity index (χ4v) is 2.16.